The van der Waals surface area contributed by atoms with Crippen molar-refractivity contribution in [3.63, 3.8) is 0 Å². The summed E-state index contributed by atoms with van der Waals surface area (Å²) in [5.74, 6) is -2.13. The van der Waals surface area contributed by atoms with Crippen molar-refractivity contribution in [1.82, 2.24) is 0 Å². The number of ether oxygens (including phenoxy) is 4. The van der Waals surface area contributed by atoms with E-state index in [-0.39, 0.29) is 25.7 Å². The molecular formula is C85H162O17P2. The van der Waals surface area contributed by atoms with Gasteiger partial charge in [-0.2, -0.15) is 0 Å². The minimum absolute atomic E-state index is 0.0860. The molecule has 614 valence electrons. The van der Waals surface area contributed by atoms with E-state index in [0.717, 1.165) is 103 Å². The second-order valence-corrected chi connectivity index (χ2v) is 32.8. The van der Waals surface area contributed by atoms with Gasteiger partial charge in [0.1, 0.15) is 19.3 Å². The van der Waals surface area contributed by atoms with E-state index < -0.39 is 97.5 Å². The van der Waals surface area contributed by atoms with Crippen LogP contribution in [0.3, 0.4) is 0 Å². The molecule has 0 aliphatic carbocycles. The van der Waals surface area contributed by atoms with Crippen LogP contribution < -0.4 is 0 Å². The highest BCUT2D eigenvalue weighted by Crippen LogP contribution is 2.45. The summed E-state index contributed by atoms with van der Waals surface area (Å²) in [6, 6.07) is 0. The molecule has 0 aromatic carbocycles. The monoisotopic (exact) mass is 1520 g/mol. The van der Waals surface area contributed by atoms with Gasteiger partial charge in [-0.1, -0.05) is 386 Å². The molecule has 0 radical (unpaired) electrons. The molecule has 5 atom stereocenters. The van der Waals surface area contributed by atoms with Gasteiger partial charge in [0.25, 0.3) is 0 Å². The first-order valence-electron chi connectivity index (χ1n) is 43.6. The minimum Gasteiger partial charge on any atom is -0.462 e. The zero-order valence-electron chi connectivity index (χ0n) is 67.5. The molecule has 0 amide bonds. The van der Waals surface area contributed by atoms with E-state index in [0.29, 0.717) is 25.7 Å². The lowest BCUT2D eigenvalue weighted by atomic mass is 10.0. The predicted octanol–water partition coefficient (Wildman–Crippen LogP) is 25.7. The number of esters is 4. The van der Waals surface area contributed by atoms with E-state index in [9.17, 15) is 43.2 Å². The largest absolute Gasteiger partial charge is 0.472 e. The summed E-state index contributed by atoms with van der Waals surface area (Å²) in [6.45, 7) is 4.98. The second-order valence-electron chi connectivity index (χ2n) is 29.9. The van der Waals surface area contributed by atoms with Gasteiger partial charge in [0.05, 0.1) is 26.4 Å². The fourth-order valence-corrected chi connectivity index (χ4v) is 14.4. The fourth-order valence-electron chi connectivity index (χ4n) is 12.8. The zero-order valence-corrected chi connectivity index (χ0v) is 69.3. The maximum atomic E-state index is 13.1. The van der Waals surface area contributed by atoms with Gasteiger partial charge in [0, 0.05) is 25.7 Å². The Bertz CT molecular complexity index is 2060. The Morgan fingerprint density at radius 3 is 0.702 bits per heavy atom. The molecule has 0 saturated carbocycles. The number of phosphoric ester groups is 2. The highest BCUT2D eigenvalue weighted by atomic mass is 31.2. The summed E-state index contributed by atoms with van der Waals surface area (Å²) in [7, 11) is -9.94. The maximum Gasteiger partial charge on any atom is 0.472 e. The lowest BCUT2D eigenvalue weighted by molar-refractivity contribution is -0.161. The van der Waals surface area contributed by atoms with Crippen LogP contribution in [-0.2, 0) is 65.4 Å². The quantitative estimate of drug-likeness (QED) is 0.0169. The average molecular weight is 1520 g/mol. The topological polar surface area (TPSA) is 237 Å². The van der Waals surface area contributed by atoms with Crippen LogP contribution in [-0.4, -0.2) is 96.7 Å². The lowest BCUT2D eigenvalue weighted by Gasteiger charge is -2.21. The van der Waals surface area contributed by atoms with Gasteiger partial charge < -0.3 is 33.8 Å². The molecular weight excluding hydrogens is 1350 g/mol. The number of phosphoric acid groups is 2. The number of rotatable bonds is 84. The SMILES string of the molecule is CCCCCC/C=C\C=C/CCCCCCCC(=O)O[C@H](COC(=O)CCCCCCCCCCCCC)COP(=O)(O)OC[C@H](O)COP(=O)(O)OC[C@@H](COC(=O)CCCCCCCCCCCCCCCCCCCC)OC(=O)CCCCCCCCCCCCCCCCCCCCCC. The van der Waals surface area contributed by atoms with Crippen LogP contribution in [0.5, 0.6) is 0 Å². The highest BCUT2D eigenvalue weighted by Gasteiger charge is 2.30. The van der Waals surface area contributed by atoms with Gasteiger partial charge in [-0.05, 0) is 51.4 Å². The van der Waals surface area contributed by atoms with Crippen LogP contribution >= 0.6 is 15.6 Å². The lowest BCUT2D eigenvalue weighted by Crippen LogP contribution is -2.30. The maximum absolute atomic E-state index is 13.1. The molecule has 17 nitrogen and oxygen atoms in total. The molecule has 0 saturated heterocycles. The number of carbonyl (C=O) groups is 4. The Hall–Kier alpha value is -2.46. The summed E-state index contributed by atoms with van der Waals surface area (Å²) in [5.41, 5.74) is 0. The van der Waals surface area contributed by atoms with Crippen molar-refractivity contribution in [2.75, 3.05) is 39.6 Å². The minimum atomic E-state index is -4.97. The molecule has 0 rings (SSSR count). The van der Waals surface area contributed by atoms with Crippen LogP contribution in [0.2, 0.25) is 0 Å². The number of hydrogen-bond donors (Lipinski definition) is 3. The molecule has 19 heteroatoms. The molecule has 0 aromatic heterocycles. The van der Waals surface area contributed by atoms with Gasteiger partial charge in [-0.15, -0.1) is 0 Å². The first kappa shape index (κ1) is 102. The Kier molecular flexibility index (Phi) is 76.8. The second kappa shape index (κ2) is 78.7. The summed E-state index contributed by atoms with van der Waals surface area (Å²) in [5, 5.41) is 10.7. The van der Waals surface area contributed by atoms with Crippen molar-refractivity contribution in [2.24, 2.45) is 0 Å². The number of carbonyl (C=O) groups excluding carboxylic acids is 4. The standard InChI is InChI=1S/C85H162O17P2/c1-5-9-13-17-21-25-29-32-35-37-39-40-42-45-48-52-56-60-64-68-72-85(90)102-81(76-96-83(88)70-66-62-58-54-50-46-44-41-38-36-33-30-26-22-18-14-10-6-2)78-100-104(93,94)98-74-79(86)73-97-103(91,92)99-77-80(75-95-82(87)69-65-61-57-53-49-28-24-20-16-12-8-4)101-84(89)71-67-63-59-55-51-47-43-34-31-27-23-19-15-11-7-3/h27,31,34,43,79-81,86H,5-26,28-30,32-33,35-42,44-78H2,1-4H3,(H,91,92)(H,93,94)/b31-27-,43-34-/t79-,80+,81+/m0/s1. The summed E-state index contributed by atoms with van der Waals surface area (Å²) >= 11 is 0. The molecule has 0 spiro atoms. The van der Waals surface area contributed by atoms with Crippen LogP contribution in [0.25, 0.3) is 0 Å². The van der Waals surface area contributed by atoms with Gasteiger partial charge in [0.2, 0.25) is 0 Å². The third-order valence-electron chi connectivity index (χ3n) is 19.5. The molecule has 0 aromatic rings. The van der Waals surface area contributed by atoms with Crippen molar-refractivity contribution in [3.05, 3.63) is 24.3 Å². The number of aliphatic hydroxyl groups excluding tert-OH is 1. The third-order valence-corrected chi connectivity index (χ3v) is 21.4. The molecule has 0 bridgehead atoms. The molecule has 2 unspecified atom stereocenters. The van der Waals surface area contributed by atoms with E-state index in [1.807, 2.05) is 0 Å². The van der Waals surface area contributed by atoms with Crippen LogP contribution in [0, 0.1) is 0 Å². The molecule has 0 aliphatic rings. The van der Waals surface area contributed by atoms with E-state index in [1.165, 1.54) is 257 Å². The smallest absolute Gasteiger partial charge is 0.462 e. The number of unbranched alkanes of at least 4 members (excludes halogenated alkanes) is 55. The van der Waals surface area contributed by atoms with Crippen molar-refractivity contribution in [2.45, 2.75) is 457 Å². The van der Waals surface area contributed by atoms with Crippen molar-refractivity contribution < 1.29 is 80.2 Å². The summed E-state index contributed by atoms with van der Waals surface area (Å²) in [4.78, 5) is 73.1. The van der Waals surface area contributed by atoms with Crippen molar-refractivity contribution >= 4 is 39.5 Å². The summed E-state index contributed by atoms with van der Waals surface area (Å²) in [6.07, 6.45) is 75.7. The van der Waals surface area contributed by atoms with Gasteiger partial charge in [-0.25, -0.2) is 9.13 Å². The Morgan fingerprint density at radius 2 is 0.462 bits per heavy atom. The number of hydrogen-bond acceptors (Lipinski definition) is 15. The highest BCUT2D eigenvalue weighted by molar-refractivity contribution is 7.47. The Morgan fingerprint density at radius 1 is 0.269 bits per heavy atom. The Balaban J connectivity index is 5.27. The summed E-state index contributed by atoms with van der Waals surface area (Å²) < 4.78 is 68.8. The zero-order chi connectivity index (χ0) is 76.0. The van der Waals surface area contributed by atoms with Gasteiger partial charge >= 0.3 is 39.5 Å². The number of aliphatic hydroxyl groups is 1. The van der Waals surface area contributed by atoms with Gasteiger partial charge in [0.15, 0.2) is 12.2 Å². The normalized spacial score (nSPS) is 13.9. The molecule has 3 N–H and O–H groups in total. The molecule has 0 fully saturated rings. The van der Waals surface area contributed by atoms with E-state index in [1.54, 1.807) is 0 Å². The number of allylic oxidation sites excluding steroid dienone is 4. The molecule has 0 heterocycles. The van der Waals surface area contributed by atoms with Gasteiger partial charge in [-0.3, -0.25) is 37.3 Å². The van der Waals surface area contributed by atoms with Crippen LogP contribution in [0.1, 0.15) is 439 Å². The Labute approximate surface area is 637 Å². The van der Waals surface area contributed by atoms with E-state index >= 15 is 0 Å². The average Bonchev–Trinajstić information content (AvgIpc) is 0.928. The first-order valence-corrected chi connectivity index (χ1v) is 46.6. The molecule has 104 heavy (non-hydrogen) atoms. The first-order chi connectivity index (χ1) is 50.7. The predicted molar refractivity (Wildman–Crippen MR) is 428 cm³/mol. The third kappa shape index (κ3) is 77.7. The van der Waals surface area contributed by atoms with Crippen LogP contribution in [0.15, 0.2) is 24.3 Å². The van der Waals surface area contributed by atoms with E-state index in [4.69, 9.17) is 37.0 Å². The van der Waals surface area contributed by atoms with Crippen molar-refractivity contribution in [1.29, 1.82) is 0 Å². The van der Waals surface area contributed by atoms with Crippen molar-refractivity contribution in [3.8, 4) is 0 Å². The van der Waals surface area contributed by atoms with Crippen LogP contribution in [0.4, 0.5) is 0 Å². The molecule has 0 aliphatic heterocycles. The van der Waals surface area contributed by atoms with E-state index in [2.05, 4.69) is 52.0 Å². The fraction of sp³-hybridized carbons (Fsp3) is 0.906.